The number of nitrogens with zero attached hydrogens (tertiary/aromatic N) is 3. The van der Waals surface area contributed by atoms with Gasteiger partial charge < -0.3 is 5.32 Å². The van der Waals surface area contributed by atoms with Crippen LogP contribution in [0.5, 0.6) is 0 Å². The number of benzene rings is 2. The van der Waals surface area contributed by atoms with Crippen LogP contribution in [0.1, 0.15) is 27.9 Å². The largest absolute Gasteiger partial charge is 0.416 e. The molecule has 39 heavy (non-hydrogen) atoms. The molecule has 2 aromatic heterocycles. The Morgan fingerprint density at radius 3 is 2.67 bits per heavy atom. The molecule has 0 aliphatic carbocycles. The van der Waals surface area contributed by atoms with Crippen LogP contribution in [-0.2, 0) is 25.7 Å². The van der Waals surface area contributed by atoms with Crippen molar-refractivity contribution >= 4 is 34.6 Å². The molecule has 5 rings (SSSR count). The third-order valence-electron chi connectivity index (χ3n) is 6.62. The Morgan fingerprint density at radius 2 is 1.92 bits per heavy atom. The fraction of sp³-hybridized carbons (Fsp3) is 0.214. The van der Waals surface area contributed by atoms with Gasteiger partial charge in [-0.05, 0) is 47.5 Å². The fourth-order valence-corrected chi connectivity index (χ4v) is 4.95. The van der Waals surface area contributed by atoms with Gasteiger partial charge in [0.1, 0.15) is 16.8 Å². The van der Waals surface area contributed by atoms with E-state index in [1.54, 1.807) is 24.3 Å². The van der Waals surface area contributed by atoms with E-state index in [2.05, 4.69) is 10.3 Å². The first-order valence-electron chi connectivity index (χ1n) is 12.1. The van der Waals surface area contributed by atoms with Crippen LogP contribution >= 0.6 is 11.6 Å². The Labute approximate surface area is 225 Å². The molecule has 0 saturated heterocycles. The van der Waals surface area contributed by atoms with Crippen molar-refractivity contribution in [2.75, 3.05) is 13.1 Å². The second-order valence-electron chi connectivity index (χ2n) is 9.19. The van der Waals surface area contributed by atoms with Gasteiger partial charge in [-0.3, -0.25) is 9.47 Å². The number of carbonyl (C=O) groups is 1. The molecule has 1 amide bonds. The number of rotatable bonds is 5. The number of hydrogen-bond acceptors (Lipinski definition) is 3. The topological polar surface area (TPSA) is 50.2 Å². The summed E-state index contributed by atoms with van der Waals surface area (Å²) in [7, 11) is 0. The maximum absolute atomic E-state index is 13.9. The third kappa shape index (κ3) is 5.81. The van der Waals surface area contributed by atoms with Crippen molar-refractivity contribution in [3.8, 4) is 0 Å². The first kappa shape index (κ1) is 26.8. The second kappa shape index (κ2) is 10.8. The van der Waals surface area contributed by atoms with E-state index in [0.717, 1.165) is 23.8 Å². The summed E-state index contributed by atoms with van der Waals surface area (Å²) in [6.45, 7) is 1.45. The first-order chi connectivity index (χ1) is 18.6. The number of pyridine rings is 1. The molecule has 1 aliphatic rings. The van der Waals surface area contributed by atoms with Gasteiger partial charge in [-0.15, -0.1) is 0 Å². The molecule has 11 heteroatoms. The molecule has 2 aromatic carbocycles. The minimum atomic E-state index is -4.57. The van der Waals surface area contributed by atoms with Crippen molar-refractivity contribution in [2.45, 2.75) is 25.7 Å². The summed E-state index contributed by atoms with van der Waals surface area (Å²) >= 11 is 5.91. The average molecular weight is 561 g/mol. The molecule has 1 N–H and O–H groups in total. The summed E-state index contributed by atoms with van der Waals surface area (Å²) in [6.07, 6.45) is 0.649. The SMILES string of the molecule is O=C(NCc1ccnc(Cl)c1)n1c2c(c3ccc(C(F)(F)F)cc31)CN(C/C=C/c1ccc(F)cc1F)CC2. The van der Waals surface area contributed by atoms with Crippen molar-refractivity contribution in [1.82, 2.24) is 19.8 Å². The number of amides is 1. The van der Waals surface area contributed by atoms with Crippen LogP contribution in [0.4, 0.5) is 26.7 Å². The molecule has 0 bridgehead atoms. The van der Waals surface area contributed by atoms with Gasteiger partial charge in [0, 0.05) is 61.5 Å². The maximum Gasteiger partial charge on any atom is 0.416 e. The smallest absolute Gasteiger partial charge is 0.333 e. The highest BCUT2D eigenvalue weighted by molar-refractivity contribution is 6.29. The molecule has 0 fully saturated rings. The number of fused-ring (bicyclic) bond motifs is 3. The Bertz CT molecular complexity index is 1580. The van der Waals surface area contributed by atoms with E-state index in [9.17, 15) is 26.7 Å². The van der Waals surface area contributed by atoms with Crippen molar-refractivity contribution in [3.05, 3.63) is 106 Å². The monoisotopic (exact) mass is 560 g/mol. The number of aromatic nitrogens is 2. The molecule has 0 spiro atoms. The van der Waals surface area contributed by atoms with Gasteiger partial charge >= 0.3 is 12.2 Å². The summed E-state index contributed by atoms with van der Waals surface area (Å²) in [5.74, 6) is -1.33. The first-order valence-corrected chi connectivity index (χ1v) is 12.4. The van der Waals surface area contributed by atoms with Gasteiger partial charge in [0.2, 0.25) is 0 Å². The zero-order valence-electron chi connectivity index (χ0n) is 20.4. The Balaban J connectivity index is 1.43. The van der Waals surface area contributed by atoms with E-state index in [1.165, 1.54) is 29.0 Å². The van der Waals surface area contributed by atoms with Crippen LogP contribution in [0.15, 0.2) is 60.8 Å². The minimum absolute atomic E-state index is 0.116. The van der Waals surface area contributed by atoms with Crippen LogP contribution in [0.25, 0.3) is 17.0 Å². The predicted molar refractivity (Wildman–Crippen MR) is 138 cm³/mol. The number of nitrogens with one attached hydrogen (secondary N) is 1. The van der Waals surface area contributed by atoms with E-state index >= 15 is 0 Å². The summed E-state index contributed by atoms with van der Waals surface area (Å²) in [5.41, 5.74) is 1.66. The quantitative estimate of drug-likeness (QED) is 0.215. The second-order valence-corrected chi connectivity index (χ2v) is 9.58. The molecule has 0 atom stereocenters. The average Bonchev–Trinajstić information content (AvgIpc) is 3.21. The lowest BCUT2D eigenvalue weighted by Crippen LogP contribution is -2.34. The molecular weight excluding hydrogens is 539 g/mol. The van der Waals surface area contributed by atoms with Gasteiger partial charge in [0.25, 0.3) is 0 Å². The summed E-state index contributed by atoms with van der Waals surface area (Å²) < 4.78 is 69.0. The lowest BCUT2D eigenvalue weighted by Gasteiger charge is -2.27. The highest BCUT2D eigenvalue weighted by Gasteiger charge is 2.33. The summed E-state index contributed by atoms with van der Waals surface area (Å²) in [5, 5.41) is 3.59. The molecule has 202 valence electrons. The summed E-state index contributed by atoms with van der Waals surface area (Å²) in [4.78, 5) is 19.3. The van der Waals surface area contributed by atoms with Crippen molar-refractivity contribution < 1.29 is 26.7 Å². The van der Waals surface area contributed by atoms with Gasteiger partial charge in [0.05, 0.1) is 11.1 Å². The van der Waals surface area contributed by atoms with E-state index in [-0.39, 0.29) is 22.8 Å². The molecule has 1 aliphatic heterocycles. The molecule has 0 saturated carbocycles. The maximum atomic E-state index is 13.9. The lowest BCUT2D eigenvalue weighted by molar-refractivity contribution is -0.137. The van der Waals surface area contributed by atoms with Crippen LogP contribution in [-0.4, -0.2) is 33.6 Å². The van der Waals surface area contributed by atoms with Gasteiger partial charge in [-0.1, -0.05) is 29.8 Å². The number of hydrogen-bond donors (Lipinski definition) is 1. The molecule has 0 radical (unpaired) electrons. The molecule has 5 nitrogen and oxygen atoms in total. The van der Waals surface area contributed by atoms with E-state index in [1.807, 2.05) is 4.90 Å². The van der Waals surface area contributed by atoms with Crippen LogP contribution in [0, 0.1) is 11.6 Å². The van der Waals surface area contributed by atoms with Crippen molar-refractivity contribution in [2.24, 2.45) is 0 Å². The Morgan fingerprint density at radius 1 is 1.10 bits per heavy atom. The summed E-state index contributed by atoms with van der Waals surface area (Å²) in [6, 6.07) is 9.47. The van der Waals surface area contributed by atoms with E-state index in [0.29, 0.717) is 42.7 Å². The van der Waals surface area contributed by atoms with Gasteiger partial charge in [0.15, 0.2) is 0 Å². The third-order valence-corrected chi connectivity index (χ3v) is 6.82. The zero-order chi connectivity index (χ0) is 27.7. The van der Waals surface area contributed by atoms with Gasteiger partial charge in [-0.2, -0.15) is 13.2 Å². The number of carbonyl (C=O) groups excluding carboxylic acids is 1. The van der Waals surface area contributed by atoms with Crippen molar-refractivity contribution in [3.63, 3.8) is 0 Å². The highest BCUT2D eigenvalue weighted by Crippen LogP contribution is 2.36. The number of halogens is 6. The highest BCUT2D eigenvalue weighted by atomic mass is 35.5. The molecule has 4 aromatic rings. The molecule has 3 heterocycles. The predicted octanol–water partition coefficient (Wildman–Crippen LogP) is 6.82. The molecule has 0 unspecified atom stereocenters. The van der Waals surface area contributed by atoms with Gasteiger partial charge in [-0.25, -0.2) is 18.6 Å². The van der Waals surface area contributed by atoms with Crippen molar-refractivity contribution in [1.29, 1.82) is 0 Å². The lowest BCUT2D eigenvalue weighted by atomic mass is 10.0. The molecular formula is C28H22ClF5N4O. The number of alkyl halides is 3. The Hall–Kier alpha value is -3.76. The van der Waals surface area contributed by atoms with Crippen LogP contribution < -0.4 is 5.32 Å². The van der Waals surface area contributed by atoms with Crippen LogP contribution in [0.2, 0.25) is 5.15 Å². The van der Waals surface area contributed by atoms with E-state index in [4.69, 9.17) is 11.6 Å². The standard InChI is InChI=1S/C28H22ClF5N4O/c29-26-12-17(7-9-35-26)15-36-27(39)38-24-8-11-37(10-1-2-18-3-5-20(30)14-23(18)31)16-22(24)21-6-4-19(13-25(21)38)28(32,33)34/h1-7,9,12-14H,8,10-11,15-16H2,(H,36,39)/b2-1+. The van der Waals surface area contributed by atoms with E-state index < -0.39 is 29.4 Å². The Kier molecular flexibility index (Phi) is 7.42. The minimum Gasteiger partial charge on any atom is -0.333 e. The normalized spacial score (nSPS) is 14.2. The zero-order valence-corrected chi connectivity index (χ0v) is 21.2. The van der Waals surface area contributed by atoms with Crippen LogP contribution in [0.3, 0.4) is 0 Å². The fourth-order valence-electron chi connectivity index (χ4n) is 4.75.